The predicted octanol–water partition coefficient (Wildman–Crippen LogP) is 3.07. The van der Waals surface area contributed by atoms with Crippen molar-refractivity contribution < 1.29 is 9.59 Å². The van der Waals surface area contributed by atoms with Gasteiger partial charge in [-0.15, -0.1) is 0 Å². The van der Waals surface area contributed by atoms with Gasteiger partial charge in [0.25, 0.3) is 5.91 Å². The second-order valence-electron chi connectivity index (χ2n) is 7.63. The fraction of sp³-hybridized carbons (Fsp3) is 0.381. The van der Waals surface area contributed by atoms with Gasteiger partial charge in [0.1, 0.15) is 11.9 Å². The number of amides is 2. The van der Waals surface area contributed by atoms with Crippen LogP contribution in [0.25, 0.3) is 11.1 Å². The van der Waals surface area contributed by atoms with Crippen molar-refractivity contribution in [2.24, 2.45) is 5.92 Å². The third-order valence-corrected chi connectivity index (χ3v) is 5.84. The Bertz CT molecular complexity index is 928. The Kier molecular flexibility index (Phi) is 4.98. The second-order valence-corrected chi connectivity index (χ2v) is 8.03. The molecule has 6 nitrogen and oxygen atoms in total. The number of hydrogen-bond acceptors (Lipinski definition) is 4. The van der Waals surface area contributed by atoms with Gasteiger partial charge in [-0.2, -0.15) is 0 Å². The van der Waals surface area contributed by atoms with Crippen molar-refractivity contribution in [1.82, 2.24) is 14.8 Å². The number of anilines is 1. The van der Waals surface area contributed by atoms with Crippen LogP contribution in [0, 0.1) is 5.92 Å². The number of likely N-dealkylation sites (N-methyl/N-ethyl adjacent to an activating group) is 1. The highest BCUT2D eigenvalue weighted by Gasteiger charge is 2.39. The average molecular weight is 399 g/mol. The van der Waals surface area contributed by atoms with E-state index < -0.39 is 0 Å². The van der Waals surface area contributed by atoms with E-state index in [1.807, 2.05) is 25.2 Å². The molecule has 28 heavy (non-hydrogen) atoms. The molecule has 146 valence electrons. The number of halogens is 1. The normalized spacial score (nSPS) is 19.8. The minimum Gasteiger partial charge on any atom is -0.382 e. The van der Waals surface area contributed by atoms with Gasteiger partial charge in [-0.1, -0.05) is 36.6 Å². The van der Waals surface area contributed by atoms with Gasteiger partial charge in [0.05, 0.1) is 5.02 Å². The fourth-order valence-electron chi connectivity index (χ4n) is 3.66. The molecule has 2 heterocycles. The fourth-order valence-corrected chi connectivity index (χ4v) is 3.82. The van der Waals surface area contributed by atoms with Crippen LogP contribution in [-0.4, -0.2) is 52.8 Å². The van der Waals surface area contributed by atoms with Gasteiger partial charge in [0, 0.05) is 37.5 Å². The van der Waals surface area contributed by atoms with Crippen LogP contribution in [0.1, 0.15) is 29.6 Å². The van der Waals surface area contributed by atoms with Gasteiger partial charge in [-0.3, -0.25) is 9.59 Å². The summed E-state index contributed by atoms with van der Waals surface area (Å²) in [5.74, 6) is 0.766. The molecule has 1 aliphatic heterocycles. The molecule has 2 amide bonds. The highest BCUT2D eigenvalue weighted by atomic mass is 35.5. The molecule has 2 fully saturated rings. The minimum atomic E-state index is -0.366. The highest BCUT2D eigenvalue weighted by molar-refractivity contribution is 6.33. The first-order valence-electron chi connectivity index (χ1n) is 9.51. The molecule has 0 bridgehead atoms. The molecule has 1 saturated heterocycles. The number of nitrogens with two attached hydrogens (primary N) is 1. The Hall–Kier alpha value is -2.60. The molecule has 1 aliphatic carbocycles. The number of carbonyl (C=O) groups is 2. The van der Waals surface area contributed by atoms with E-state index >= 15 is 0 Å². The summed E-state index contributed by atoms with van der Waals surface area (Å²) < 4.78 is 0. The Morgan fingerprint density at radius 3 is 2.75 bits per heavy atom. The third-order valence-electron chi connectivity index (χ3n) is 5.54. The lowest BCUT2D eigenvalue weighted by Gasteiger charge is -2.39. The van der Waals surface area contributed by atoms with Crippen LogP contribution in [0.15, 0.2) is 36.5 Å². The van der Waals surface area contributed by atoms with Crippen molar-refractivity contribution in [3.63, 3.8) is 0 Å². The Morgan fingerprint density at radius 2 is 2.04 bits per heavy atom. The molecular weight excluding hydrogens is 376 g/mol. The van der Waals surface area contributed by atoms with Gasteiger partial charge < -0.3 is 15.5 Å². The summed E-state index contributed by atoms with van der Waals surface area (Å²) in [7, 11) is 1.81. The molecule has 1 aromatic heterocycles. The van der Waals surface area contributed by atoms with E-state index in [0.29, 0.717) is 29.6 Å². The topological polar surface area (TPSA) is 79.5 Å². The van der Waals surface area contributed by atoms with E-state index in [0.717, 1.165) is 30.4 Å². The van der Waals surface area contributed by atoms with Gasteiger partial charge >= 0.3 is 0 Å². The lowest BCUT2D eigenvalue weighted by Crippen LogP contribution is -2.57. The molecule has 7 heteroatoms. The monoisotopic (exact) mass is 398 g/mol. The van der Waals surface area contributed by atoms with Crippen molar-refractivity contribution in [3.8, 4) is 11.1 Å². The molecule has 1 aromatic carbocycles. The largest absolute Gasteiger partial charge is 0.382 e. The van der Waals surface area contributed by atoms with Crippen LogP contribution in [0.3, 0.4) is 0 Å². The molecule has 0 radical (unpaired) electrons. The number of benzene rings is 1. The van der Waals surface area contributed by atoms with E-state index in [-0.39, 0.29) is 23.7 Å². The van der Waals surface area contributed by atoms with E-state index in [1.165, 1.54) is 0 Å². The first-order chi connectivity index (χ1) is 13.4. The molecular formula is C21H23ClN4O2. The maximum Gasteiger partial charge on any atom is 0.254 e. The summed E-state index contributed by atoms with van der Waals surface area (Å²) in [4.78, 5) is 33.5. The van der Waals surface area contributed by atoms with Crippen LogP contribution >= 0.6 is 11.6 Å². The van der Waals surface area contributed by atoms with Crippen LogP contribution in [0.4, 0.5) is 5.82 Å². The van der Waals surface area contributed by atoms with E-state index in [9.17, 15) is 9.59 Å². The number of carbonyl (C=O) groups excluding carboxylic acids is 2. The minimum absolute atomic E-state index is 0.0390. The standard InChI is InChI=1S/C21H23ClN4O2/c1-25-7-8-26(18(21(25)28)9-13-5-6-13)20(27)15-4-2-3-14(10-15)16-11-17(22)19(23)24-12-16/h2-4,10-13,18H,5-9H2,1H3,(H2,23,24). The third kappa shape index (κ3) is 3.69. The van der Waals surface area contributed by atoms with E-state index in [4.69, 9.17) is 17.3 Å². The Balaban J connectivity index is 1.61. The predicted molar refractivity (Wildman–Crippen MR) is 109 cm³/mol. The maximum atomic E-state index is 13.3. The lowest BCUT2D eigenvalue weighted by atomic mass is 10.0. The number of piperazine rings is 1. The van der Waals surface area contributed by atoms with E-state index in [2.05, 4.69) is 4.98 Å². The SMILES string of the molecule is CN1CCN(C(=O)c2cccc(-c3cnc(N)c(Cl)c3)c2)C(CC2CC2)C1=O. The highest BCUT2D eigenvalue weighted by Crippen LogP contribution is 2.36. The first-order valence-corrected chi connectivity index (χ1v) is 9.89. The number of aromatic nitrogens is 1. The van der Waals surface area contributed by atoms with Gasteiger partial charge in [0.15, 0.2) is 0 Å². The number of rotatable bonds is 4. The summed E-state index contributed by atoms with van der Waals surface area (Å²) in [6.07, 6.45) is 4.69. The lowest BCUT2D eigenvalue weighted by molar-refractivity contribution is -0.139. The van der Waals surface area contributed by atoms with Gasteiger partial charge in [-0.05, 0) is 36.1 Å². The van der Waals surface area contributed by atoms with Crippen molar-refractivity contribution in [2.75, 3.05) is 25.9 Å². The average Bonchev–Trinajstić information content (AvgIpc) is 3.51. The van der Waals surface area contributed by atoms with Crippen LogP contribution in [-0.2, 0) is 4.79 Å². The summed E-state index contributed by atoms with van der Waals surface area (Å²) in [6.45, 7) is 1.11. The number of nitrogen functional groups attached to an aromatic ring is 1. The summed E-state index contributed by atoms with van der Waals surface area (Å²) in [5.41, 5.74) is 7.87. The molecule has 2 N–H and O–H groups in total. The zero-order chi connectivity index (χ0) is 19.8. The van der Waals surface area contributed by atoms with Crippen LogP contribution in [0.5, 0.6) is 0 Å². The molecule has 1 saturated carbocycles. The number of hydrogen-bond donors (Lipinski definition) is 1. The van der Waals surface area contributed by atoms with Crippen molar-refractivity contribution >= 4 is 29.2 Å². The van der Waals surface area contributed by atoms with Crippen LogP contribution in [0.2, 0.25) is 5.02 Å². The molecule has 2 aliphatic rings. The Morgan fingerprint density at radius 1 is 1.25 bits per heavy atom. The first kappa shape index (κ1) is 18.7. The van der Waals surface area contributed by atoms with Crippen molar-refractivity contribution in [3.05, 3.63) is 47.1 Å². The quantitative estimate of drug-likeness (QED) is 0.858. The number of pyridine rings is 1. The summed E-state index contributed by atoms with van der Waals surface area (Å²) >= 11 is 6.09. The maximum absolute atomic E-state index is 13.3. The molecule has 2 aromatic rings. The summed E-state index contributed by atoms with van der Waals surface area (Å²) in [5, 5.41) is 0.378. The number of nitrogens with zero attached hydrogens (tertiary/aromatic N) is 3. The van der Waals surface area contributed by atoms with E-state index in [1.54, 1.807) is 28.1 Å². The molecule has 1 atom stereocenters. The van der Waals surface area contributed by atoms with Gasteiger partial charge in [-0.25, -0.2) is 4.98 Å². The molecule has 1 unspecified atom stereocenters. The summed E-state index contributed by atoms with van der Waals surface area (Å²) in [6, 6.07) is 8.72. The molecule has 0 spiro atoms. The zero-order valence-electron chi connectivity index (χ0n) is 15.8. The van der Waals surface area contributed by atoms with Crippen LogP contribution < -0.4 is 5.73 Å². The second kappa shape index (κ2) is 7.43. The van der Waals surface area contributed by atoms with Gasteiger partial charge in [0.2, 0.25) is 5.91 Å². The molecule has 4 rings (SSSR count). The van der Waals surface area contributed by atoms with Crippen molar-refractivity contribution in [2.45, 2.75) is 25.3 Å². The Labute approximate surface area is 169 Å². The smallest absolute Gasteiger partial charge is 0.254 e. The zero-order valence-corrected chi connectivity index (χ0v) is 16.5. The van der Waals surface area contributed by atoms with Crippen molar-refractivity contribution in [1.29, 1.82) is 0 Å².